The maximum Gasteiger partial charge on any atom is 0.338 e. The number of methoxy groups -OCH3 is 1. The second kappa shape index (κ2) is 10.4. The molecule has 1 unspecified atom stereocenters. The second-order valence-corrected chi connectivity index (χ2v) is 10.9. The average Bonchev–Trinajstić information content (AvgIpc) is 3.48. The summed E-state index contributed by atoms with van der Waals surface area (Å²) in [6.45, 7) is 1.75. The maximum atomic E-state index is 13.7. The van der Waals surface area contributed by atoms with Crippen LogP contribution < -0.4 is 14.9 Å². The first-order valence-corrected chi connectivity index (χ1v) is 13.9. The highest BCUT2D eigenvalue weighted by atomic mass is 35.5. The molecule has 188 valence electrons. The van der Waals surface area contributed by atoms with Crippen molar-refractivity contribution in [3.8, 4) is 11.3 Å². The number of hydrogen-bond acceptors (Lipinski definition) is 7. The Labute approximate surface area is 230 Å². The molecule has 0 spiro atoms. The molecule has 1 atom stereocenters. The van der Waals surface area contributed by atoms with Crippen molar-refractivity contribution in [1.82, 2.24) is 4.57 Å². The Morgan fingerprint density at radius 1 is 1.16 bits per heavy atom. The smallest absolute Gasteiger partial charge is 0.338 e. The fourth-order valence-electron chi connectivity index (χ4n) is 4.18. The van der Waals surface area contributed by atoms with Crippen molar-refractivity contribution in [2.75, 3.05) is 13.4 Å². The van der Waals surface area contributed by atoms with Gasteiger partial charge in [-0.25, -0.2) is 9.79 Å². The van der Waals surface area contributed by atoms with Crippen LogP contribution in [0.15, 0.2) is 85.0 Å². The Kier molecular flexibility index (Phi) is 7.18. The molecular weight excluding hydrogens is 551 g/mol. The molecule has 0 aliphatic carbocycles. The Hall–Kier alpha value is -3.04. The van der Waals surface area contributed by atoms with Crippen molar-refractivity contribution in [1.29, 1.82) is 0 Å². The van der Waals surface area contributed by atoms with Gasteiger partial charge >= 0.3 is 5.97 Å². The van der Waals surface area contributed by atoms with Crippen LogP contribution in [0.25, 0.3) is 17.4 Å². The molecule has 1 aliphatic rings. The van der Waals surface area contributed by atoms with Crippen LogP contribution in [0.2, 0.25) is 10.0 Å². The fraction of sp³-hybridized carbons (Fsp3) is 0.148. The molecule has 2 aromatic carbocycles. The van der Waals surface area contributed by atoms with Crippen LogP contribution in [0, 0.1) is 0 Å². The predicted molar refractivity (Wildman–Crippen MR) is 148 cm³/mol. The molecule has 2 aromatic heterocycles. The molecular formula is C27H20Cl2N2O4S2. The van der Waals surface area contributed by atoms with E-state index in [9.17, 15) is 9.59 Å². The summed E-state index contributed by atoms with van der Waals surface area (Å²) in [5.74, 6) is 0.478. The molecule has 0 radical (unpaired) electrons. The van der Waals surface area contributed by atoms with Gasteiger partial charge in [0.05, 0.1) is 34.0 Å². The van der Waals surface area contributed by atoms with Crippen molar-refractivity contribution in [3.05, 3.63) is 107 Å². The molecule has 0 N–H and O–H groups in total. The number of esters is 1. The summed E-state index contributed by atoms with van der Waals surface area (Å²) in [5.41, 5.74) is 2.00. The summed E-state index contributed by atoms with van der Waals surface area (Å²) in [6.07, 6.45) is 3.65. The maximum absolute atomic E-state index is 13.7. The lowest BCUT2D eigenvalue weighted by atomic mass is 9.96. The number of rotatable bonds is 5. The Morgan fingerprint density at radius 2 is 1.92 bits per heavy atom. The second-order valence-electron chi connectivity index (χ2n) is 8.17. The normalized spacial score (nSPS) is 15.5. The molecule has 0 amide bonds. The summed E-state index contributed by atoms with van der Waals surface area (Å²) in [5, 5.41) is 1.04. The number of ether oxygens (including phenoxy) is 1. The number of nitrogens with zero attached hydrogens (tertiary/aromatic N) is 2. The Balaban J connectivity index is 1.64. The van der Waals surface area contributed by atoms with Gasteiger partial charge < -0.3 is 9.15 Å². The van der Waals surface area contributed by atoms with Gasteiger partial charge in [0.1, 0.15) is 11.5 Å². The van der Waals surface area contributed by atoms with E-state index in [4.69, 9.17) is 32.4 Å². The highest BCUT2D eigenvalue weighted by Gasteiger charge is 2.33. The molecule has 0 bridgehead atoms. The summed E-state index contributed by atoms with van der Waals surface area (Å²) in [6, 6.07) is 15.8. The lowest BCUT2D eigenvalue weighted by Crippen LogP contribution is -2.39. The van der Waals surface area contributed by atoms with Gasteiger partial charge in [-0.2, -0.15) is 0 Å². The zero-order valence-corrected chi connectivity index (χ0v) is 23.1. The molecule has 3 heterocycles. The average molecular weight is 572 g/mol. The molecule has 0 fully saturated rings. The van der Waals surface area contributed by atoms with E-state index in [1.807, 2.05) is 30.5 Å². The van der Waals surface area contributed by atoms with Crippen molar-refractivity contribution in [2.45, 2.75) is 17.9 Å². The topological polar surface area (TPSA) is 73.8 Å². The lowest BCUT2D eigenvalue weighted by molar-refractivity contribution is -0.136. The van der Waals surface area contributed by atoms with Crippen LogP contribution in [-0.4, -0.2) is 23.9 Å². The largest absolute Gasteiger partial charge is 0.466 e. The minimum atomic E-state index is -0.667. The highest BCUT2D eigenvalue weighted by molar-refractivity contribution is 7.98. The summed E-state index contributed by atoms with van der Waals surface area (Å²) in [4.78, 5) is 32.6. The minimum Gasteiger partial charge on any atom is -0.466 e. The number of thiazole rings is 1. The molecule has 10 heteroatoms. The summed E-state index contributed by atoms with van der Waals surface area (Å²) >= 11 is 15.3. The van der Waals surface area contributed by atoms with Crippen LogP contribution in [0.1, 0.15) is 24.3 Å². The van der Waals surface area contributed by atoms with Gasteiger partial charge in [0.2, 0.25) is 0 Å². The van der Waals surface area contributed by atoms with Gasteiger partial charge in [0.15, 0.2) is 4.80 Å². The molecule has 5 rings (SSSR count). The molecule has 6 nitrogen and oxygen atoms in total. The third kappa shape index (κ3) is 4.82. The van der Waals surface area contributed by atoms with Gasteiger partial charge in [-0.3, -0.25) is 9.36 Å². The molecule has 0 saturated carbocycles. The van der Waals surface area contributed by atoms with E-state index in [0.717, 1.165) is 10.5 Å². The monoisotopic (exact) mass is 570 g/mol. The number of benzene rings is 2. The van der Waals surface area contributed by atoms with Crippen LogP contribution in [0.3, 0.4) is 0 Å². The third-order valence-corrected chi connectivity index (χ3v) is 8.24. The lowest BCUT2D eigenvalue weighted by Gasteiger charge is -2.24. The zero-order chi connectivity index (χ0) is 26.3. The highest BCUT2D eigenvalue weighted by Crippen LogP contribution is 2.33. The Morgan fingerprint density at radius 3 is 2.62 bits per heavy atom. The number of allylic oxidation sites excluding steroid dienone is 1. The SMILES string of the molecule is COC(=O)C1=C(C)N=c2s/c(=C/c3ccc(-c4cc(Cl)ccc4Cl)o3)c(=O)n2C1c1ccc(SC)cc1. The predicted octanol–water partition coefficient (Wildman–Crippen LogP) is 5.70. The molecule has 0 saturated heterocycles. The molecule has 37 heavy (non-hydrogen) atoms. The van der Waals surface area contributed by atoms with Crippen LogP contribution in [0.5, 0.6) is 0 Å². The number of thioether (sulfide) groups is 1. The van der Waals surface area contributed by atoms with E-state index >= 15 is 0 Å². The number of carbonyl (C=O) groups excluding carboxylic acids is 1. The molecule has 1 aliphatic heterocycles. The van der Waals surface area contributed by atoms with Gasteiger partial charge in [-0.1, -0.05) is 46.7 Å². The van der Waals surface area contributed by atoms with Crippen LogP contribution >= 0.6 is 46.3 Å². The number of furan rings is 1. The van der Waals surface area contributed by atoms with Gasteiger partial charge in [0, 0.05) is 21.6 Å². The number of fused-ring (bicyclic) bond motifs is 1. The number of aromatic nitrogens is 1. The van der Waals surface area contributed by atoms with E-state index in [1.54, 1.807) is 59.7 Å². The van der Waals surface area contributed by atoms with E-state index in [0.29, 0.717) is 47.7 Å². The first kappa shape index (κ1) is 25.6. The molecule has 4 aromatic rings. The van der Waals surface area contributed by atoms with Crippen molar-refractivity contribution < 1.29 is 13.9 Å². The number of carbonyl (C=O) groups is 1. The first-order valence-electron chi connectivity index (χ1n) is 11.1. The quantitative estimate of drug-likeness (QED) is 0.227. The van der Waals surface area contributed by atoms with Crippen molar-refractivity contribution in [2.24, 2.45) is 4.99 Å². The van der Waals surface area contributed by atoms with Crippen molar-refractivity contribution >= 4 is 58.3 Å². The van der Waals surface area contributed by atoms with Crippen LogP contribution in [0.4, 0.5) is 0 Å². The van der Waals surface area contributed by atoms with Crippen LogP contribution in [-0.2, 0) is 9.53 Å². The van der Waals surface area contributed by atoms with E-state index in [2.05, 4.69) is 4.99 Å². The van der Waals surface area contributed by atoms with E-state index in [1.165, 1.54) is 18.4 Å². The van der Waals surface area contributed by atoms with Gasteiger partial charge in [-0.15, -0.1) is 11.8 Å². The summed E-state index contributed by atoms with van der Waals surface area (Å²) in [7, 11) is 1.32. The van der Waals surface area contributed by atoms with Crippen molar-refractivity contribution in [3.63, 3.8) is 0 Å². The van der Waals surface area contributed by atoms with Gasteiger partial charge in [-0.05, 0) is 61.2 Å². The summed E-state index contributed by atoms with van der Waals surface area (Å²) < 4.78 is 13.0. The van der Waals surface area contributed by atoms with E-state index in [-0.39, 0.29) is 5.56 Å². The van der Waals surface area contributed by atoms with Gasteiger partial charge in [0.25, 0.3) is 5.56 Å². The first-order chi connectivity index (χ1) is 17.8. The minimum absolute atomic E-state index is 0.282. The number of hydrogen-bond donors (Lipinski definition) is 0. The van der Waals surface area contributed by atoms with E-state index < -0.39 is 12.0 Å². The Bertz CT molecular complexity index is 1730. The standard InChI is InChI=1S/C27H20Cl2N2O4S2/c1-14-23(26(33)34-2)24(15-4-8-18(36-3)9-5-15)31-25(32)22(37-27(31)30-14)13-17-7-11-21(35-17)19-12-16(28)6-10-20(19)29/h4-13,24H,1-3H3/b22-13+. The fourth-order valence-corrected chi connectivity index (χ4v) is 6.00. The third-order valence-electron chi connectivity index (χ3n) is 5.95. The number of halogens is 2. The zero-order valence-electron chi connectivity index (χ0n) is 20.0.